The van der Waals surface area contributed by atoms with Gasteiger partial charge in [-0.25, -0.2) is 4.68 Å². The number of carbonyl (C=O) groups is 1. The standard InChI is InChI=1S/C20H24F3N5O/c1-2-13-11-17(20(21,22)23)28-18(25-13)12-15(26-28)16-8-4-6-10-27(16)19(29)14-7-3-5-9-24-14/h3,5,7,9,12-13,16-17,25H,2,4,6,8,10-11H2,1H3/t13-,16+,17-/m1/s1. The third-order valence-corrected chi connectivity index (χ3v) is 5.77. The number of pyridine rings is 1. The number of alkyl halides is 3. The monoisotopic (exact) mass is 407 g/mol. The van der Waals surface area contributed by atoms with Crippen LogP contribution in [0.25, 0.3) is 0 Å². The molecule has 0 bridgehead atoms. The average Bonchev–Trinajstić information content (AvgIpc) is 3.16. The van der Waals surface area contributed by atoms with E-state index >= 15 is 0 Å². The lowest BCUT2D eigenvalue weighted by Gasteiger charge is -2.34. The summed E-state index contributed by atoms with van der Waals surface area (Å²) in [5, 5.41) is 7.51. The minimum absolute atomic E-state index is 0.0463. The molecule has 2 aliphatic heterocycles. The van der Waals surface area contributed by atoms with Crippen molar-refractivity contribution in [1.82, 2.24) is 19.7 Å². The van der Waals surface area contributed by atoms with Crippen LogP contribution in [0.15, 0.2) is 30.5 Å². The number of hydrogen-bond donors (Lipinski definition) is 1. The van der Waals surface area contributed by atoms with Crippen molar-refractivity contribution < 1.29 is 18.0 Å². The fourth-order valence-corrected chi connectivity index (χ4v) is 4.22. The lowest BCUT2D eigenvalue weighted by Crippen LogP contribution is -2.40. The minimum atomic E-state index is -4.37. The Morgan fingerprint density at radius 1 is 1.31 bits per heavy atom. The highest BCUT2D eigenvalue weighted by atomic mass is 19.4. The minimum Gasteiger partial charge on any atom is -0.367 e. The van der Waals surface area contributed by atoms with E-state index in [1.165, 1.54) is 0 Å². The maximum absolute atomic E-state index is 13.6. The highest BCUT2D eigenvalue weighted by Crippen LogP contribution is 2.42. The molecule has 0 radical (unpaired) electrons. The molecule has 0 spiro atoms. The van der Waals surface area contributed by atoms with E-state index in [1.54, 1.807) is 35.4 Å². The molecular formula is C20H24F3N5O. The Kier molecular flexibility index (Phi) is 5.23. The molecule has 0 unspecified atom stereocenters. The van der Waals surface area contributed by atoms with Gasteiger partial charge in [-0.2, -0.15) is 18.3 Å². The number of nitrogens with one attached hydrogen (secondary N) is 1. The summed E-state index contributed by atoms with van der Waals surface area (Å²) in [4.78, 5) is 18.8. The first-order valence-corrected chi connectivity index (χ1v) is 10.0. The highest BCUT2D eigenvalue weighted by molar-refractivity contribution is 5.92. The smallest absolute Gasteiger partial charge is 0.367 e. The molecule has 0 saturated carbocycles. The zero-order valence-electron chi connectivity index (χ0n) is 16.2. The van der Waals surface area contributed by atoms with Gasteiger partial charge in [0.15, 0.2) is 6.04 Å². The van der Waals surface area contributed by atoms with Crippen LogP contribution in [0, 0.1) is 0 Å². The Balaban J connectivity index is 1.67. The summed E-state index contributed by atoms with van der Waals surface area (Å²) < 4.78 is 42.0. The molecule has 156 valence electrons. The fourth-order valence-electron chi connectivity index (χ4n) is 4.22. The van der Waals surface area contributed by atoms with Crippen LogP contribution in [0.5, 0.6) is 0 Å². The molecule has 2 aromatic heterocycles. The lowest BCUT2D eigenvalue weighted by atomic mass is 9.98. The number of likely N-dealkylation sites (tertiary alicyclic amines) is 1. The SMILES string of the molecule is CC[C@@H]1C[C@H](C(F)(F)F)n2nc([C@@H]3CCCCN3C(=O)c3ccccn3)cc2N1. The third kappa shape index (κ3) is 3.82. The van der Waals surface area contributed by atoms with Crippen molar-refractivity contribution in [2.24, 2.45) is 0 Å². The number of amides is 1. The van der Waals surface area contributed by atoms with E-state index in [4.69, 9.17) is 0 Å². The van der Waals surface area contributed by atoms with Gasteiger partial charge in [0.2, 0.25) is 0 Å². The van der Waals surface area contributed by atoms with Crippen LogP contribution in [-0.2, 0) is 0 Å². The molecule has 9 heteroatoms. The number of halogens is 3. The number of carbonyl (C=O) groups excluding carboxylic acids is 1. The summed E-state index contributed by atoms with van der Waals surface area (Å²) in [5.41, 5.74) is 0.836. The molecule has 0 aliphatic carbocycles. The van der Waals surface area contributed by atoms with Crippen molar-refractivity contribution >= 4 is 11.7 Å². The van der Waals surface area contributed by atoms with E-state index in [2.05, 4.69) is 15.4 Å². The van der Waals surface area contributed by atoms with Crippen LogP contribution in [0.2, 0.25) is 0 Å². The van der Waals surface area contributed by atoms with Gasteiger partial charge in [0.05, 0.1) is 11.7 Å². The first-order valence-electron chi connectivity index (χ1n) is 10.0. The van der Waals surface area contributed by atoms with Crippen molar-refractivity contribution in [2.45, 2.75) is 63.3 Å². The maximum atomic E-state index is 13.6. The van der Waals surface area contributed by atoms with Gasteiger partial charge in [0.25, 0.3) is 5.91 Å². The van der Waals surface area contributed by atoms with Gasteiger partial charge in [0, 0.05) is 24.8 Å². The second kappa shape index (κ2) is 7.68. The summed E-state index contributed by atoms with van der Waals surface area (Å²) in [6.07, 6.45) is 0.156. The van der Waals surface area contributed by atoms with Crippen LogP contribution < -0.4 is 5.32 Å². The predicted molar refractivity (Wildman–Crippen MR) is 102 cm³/mol. The van der Waals surface area contributed by atoms with Gasteiger partial charge in [0.1, 0.15) is 11.5 Å². The van der Waals surface area contributed by atoms with E-state index in [0.717, 1.165) is 17.5 Å². The molecule has 4 rings (SSSR count). The van der Waals surface area contributed by atoms with Gasteiger partial charge < -0.3 is 10.2 Å². The second-order valence-corrected chi connectivity index (χ2v) is 7.67. The zero-order valence-corrected chi connectivity index (χ0v) is 16.2. The molecule has 0 aromatic carbocycles. The lowest BCUT2D eigenvalue weighted by molar-refractivity contribution is -0.173. The van der Waals surface area contributed by atoms with Gasteiger partial charge in [-0.1, -0.05) is 13.0 Å². The summed E-state index contributed by atoms with van der Waals surface area (Å²) in [5.74, 6) is 0.157. The average molecular weight is 407 g/mol. The van der Waals surface area contributed by atoms with Crippen molar-refractivity contribution in [3.63, 3.8) is 0 Å². The summed E-state index contributed by atoms with van der Waals surface area (Å²) in [7, 11) is 0. The Morgan fingerprint density at radius 2 is 2.14 bits per heavy atom. The van der Waals surface area contributed by atoms with Crippen LogP contribution in [-0.4, -0.2) is 44.3 Å². The van der Waals surface area contributed by atoms with E-state index < -0.39 is 12.2 Å². The molecular weight excluding hydrogens is 383 g/mol. The number of anilines is 1. The number of fused-ring (bicyclic) bond motifs is 1. The molecule has 6 nitrogen and oxygen atoms in total. The van der Waals surface area contributed by atoms with Crippen molar-refractivity contribution in [3.05, 3.63) is 41.9 Å². The number of piperidine rings is 1. The van der Waals surface area contributed by atoms with Crippen LogP contribution in [0.1, 0.15) is 67.3 Å². The van der Waals surface area contributed by atoms with Gasteiger partial charge in [-0.15, -0.1) is 0 Å². The second-order valence-electron chi connectivity index (χ2n) is 7.67. The molecule has 3 atom stereocenters. The van der Waals surface area contributed by atoms with Crippen LogP contribution in [0.3, 0.4) is 0 Å². The van der Waals surface area contributed by atoms with Gasteiger partial charge in [-0.3, -0.25) is 9.78 Å². The largest absolute Gasteiger partial charge is 0.410 e. The normalized spacial score (nSPS) is 24.7. The quantitative estimate of drug-likeness (QED) is 0.822. The van der Waals surface area contributed by atoms with Crippen LogP contribution in [0.4, 0.5) is 19.0 Å². The van der Waals surface area contributed by atoms with Gasteiger partial charge in [-0.05, 0) is 44.2 Å². The Morgan fingerprint density at radius 3 is 2.83 bits per heavy atom. The van der Waals surface area contributed by atoms with Crippen molar-refractivity contribution in [2.75, 3.05) is 11.9 Å². The summed E-state index contributed by atoms with van der Waals surface area (Å²) in [6.45, 7) is 2.41. The Labute approximate surface area is 167 Å². The highest BCUT2D eigenvalue weighted by Gasteiger charge is 2.46. The van der Waals surface area contributed by atoms with Gasteiger partial charge >= 0.3 is 6.18 Å². The summed E-state index contributed by atoms with van der Waals surface area (Å²) in [6, 6.07) is 4.55. The molecule has 2 aromatic rings. The Hall–Kier alpha value is -2.58. The number of hydrogen-bond acceptors (Lipinski definition) is 4. The molecule has 1 amide bonds. The van der Waals surface area contributed by atoms with Crippen molar-refractivity contribution in [3.8, 4) is 0 Å². The first kappa shape index (κ1) is 19.7. The maximum Gasteiger partial charge on any atom is 0.410 e. The van der Waals surface area contributed by atoms with Crippen molar-refractivity contribution in [1.29, 1.82) is 0 Å². The topological polar surface area (TPSA) is 63.1 Å². The number of nitrogens with zero attached hydrogens (tertiary/aromatic N) is 4. The number of aromatic nitrogens is 3. The predicted octanol–water partition coefficient (Wildman–Crippen LogP) is 4.34. The molecule has 4 heterocycles. The Bertz CT molecular complexity index is 867. The zero-order chi connectivity index (χ0) is 20.6. The van der Waals surface area contributed by atoms with E-state index in [0.29, 0.717) is 36.6 Å². The molecule has 2 aliphatic rings. The third-order valence-electron chi connectivity index (χ3n) is 5.77. The van der Waals surface area contributed by atoms with E-state index in [1.807, 2.05) is 6.92 Å². The van der Waals surface area contributed by atoms with E-state index in [-0.39, 0.29) is 24.4 Å². The van der Waals surface area contributed by atoms with Crippen LogP contribution >= 0.6 is 0 Å². The molecule has 29 heavy (non-hydrogen) atoms. The molecule has 1 saturated heterocycles. The van der Waals surface area contributed by atoms with E-state index in [9.17, 15) is 18.0 Å². The first-order chi connectivity index (χ1) is 13.9. The molecule has 1 N–H and O–H groups in total. The summed E-state index contributed by atoms with van der Waals surface area (Å²) >= 11 is 0. The fraction of sp³-hybridized carbons (Fsp3) is 0.550. The number of rotatable bonds is 3. The molecule has 1 fully saturated rings.